The maximum atomic E-state index is 5.32. The molecule has 0 bridgehead atoms. The number of nitrogens with one attached hydrogen (secondary N) is 4. The van der Waals surface area contributed by atoms with Crippen LogP contribution in [0.5, 0.6) is 0 Å². The number of nitrogens with zero attached hydrogens (tertiary/aromatic N) is 15. The van der Waals surface area contributed by atoms with Gasteiger partial charge in [-0.15, -0.1) is 0 Å². The van der Waals surface area contributed by atoms with E-state index >= 15 is 0 Å². The normalized spacial score (nSPS) is 11.0. The largest absolute Gasteiger partial charge is 0.361 e. The quantitative estimate of drug-likeness (QED) is 0.0700. The number of anilines is 8. The van der Waals surface area contributed by atoms with Crippen molar-refractivity contribution >= 4 is 109 Å². The molecule has 0 aliphatic heterocycles. The van der Waals surface area contributed by atoms with Gasteiger partial charge < -0.3 is 53.1 Å². The third-order valence-electron chi connectivity index (χ3n) is 17.8. The van der Waals surface area contributed by atoms with Crippen LogP contribution >= 0.6 is 63.7 Å². The van der Waals surface area contributed by atoms with Crippen molar-refractivity contribution in [3.8, 4) is 67.5 Å². The molecule has 544 valence electrons. The van der Waals surface area contributed by atoms with E-state index in [2.05, 4.69) is 215 Å². The van der Waals surface area contributed by atoms with Crippen molar-refractivity contribution in [1.82, 2.24) is 73.8 Å². The summed E-state index contributed by atoms with van der Waals surface area (Å²) in [6.07, 6.45) is 27.2. The van der Waals surface area contributed by atoms with Crippen LogP contribution in [-0.2, 0) is 0 Å². The first-order chi connectivity index (χ1) is 52.1. The summed E-state index contributed by atoms with van der Waals surface area (Å²) in [6, 6.07) is 37.2. The molecule has 27 heteroatoms. The Morgan fingerprint density at radius 1 is 0.306 bits per heavy atom. The van der Waals surface area contributed by atoms with E-state index in [0.717, 1.165) is 194 Å². The van der Waals surface area contributed by atoms with Crippen molar-refractivity contribution < 1.29 is 18.1 Å². The Balaban J connectivity index is 0.000000127. The summed E-state index contributed by atoms with van der Waals surface area (Å²) >= 11 is 14.5. The zero-order valence-corrected chi connectivity index (χ0v) is 67.2. The van der Waals surface area contributed by atoms with Gasteiger partial charge in [0, 0.05) is 132 Å². The SMILES string of the molecule is Cc1ccc(-c2c(C)noc2C)cc1Nc1ccc(-n2ccnc2)c(Br)c1.Cc1ccc(-c2c(C)noc2C)cc1Nc1cnc(-n2ccnc2)c(Br)c1.Cc1cnc(-c2c(C)noc2C)cc1Nc1ccc(-n2ccnc2)c(Br)c1.Cc1ncc(-c2c(C)noc2C)cc1Nc1ccc(-n2ccnc2)c(Br)c1. The molecule has 0 aliphatic rings. The van der Waals surface area contributed by atoms with Crippen LogP contribution < -0.4 is 21.3 Å². The zero-order valence-electron chi connectivity index (χ0n) is 60.9. The van der Waals surface area contributed by atoms with Gasteiger partial charge in [0.15, 0.2) is 5.82 Å². The summed E-state index contributed by atoms with van der Waals surface area (Å²) in [7, 11) is 0. The summed E-state index contributed by atoms with van der Waals surface area (Å²) in [6.45, 7) is 23.6. The molecule has 0 amide bonds. The highest BCUT2D eigenvalue weighted by molar-refractivity contribution is 9.11. The van der Waals surface area contributed by atoms with Crippen molar-refractivity contribution in [2.45, 2.75) is 83.1 Å². The lowest BCUT2D eigenvalue weighted by molar-refractivity contribution is 0.393. The van der Waals surface area contributed by atoms with Gasteiger partial charge in [-0.1, -0.05) is 44.9 Å². The van der Waals surface area contributed by atoms with E-state index in [1.807, 2.05) is 179 Å². The number of benzene rings is 5. The van der Waals surface area contributed by atoms with Gasteiger partial charge in [-0.05, 0) is 260 Å². The molecule has 0 spiro atoms. The highest BCUT2D eigenvalue weighted by atomic mass is 79.9. The molecule has 0 saturated heterocycles. The molecule has 0 atom stereocenters. The average Bonchev–Trinajstić information content (AvgIpc) is 1.54. The highest BCUT2D eigenvalue weighted by Gasteiger charge is 2.20. The molecule has 0 saturated carbocycles. The van der Waals surface area contributed by atoms with Crippen LogP contribution in [0.3, 0.4) is 0 Å². The molecule has 5 aromatic carbocycles. The number of aryl methyl sites for hydroxylation is 12. The number of hydrogen-bond donors (Lipinski definition) is 4. The Morgan fingerprint density at radius 3 is 1.06 bits per heavy atom. The molecule has 0 aliphatic carbocycles. The van der Waals surface area contributed by atoms with E-state index in [1.165, 1.54) is 5.56 Å². The molecule has 0 fully saturated rings. The second-order valence-corrected chi connectivity index (χ2v) is 28.9. The Bertz CT molecular complexity index is 5040. The van der Waals surface area contributed by atoms with Crippen LogP contribution in [-0.4, -0.2) is 73.8 Å². The highest BCUT2D eigenvalue weighted by Crippen LogP contribution is 2.38. The predicted molar refractivity (Wildman–Crippen MR) is 436 cm³/mol. The minimum absolute atomic E-state index is 0.766. The van der Waals surface area contributed by atoms with Crippen LogP contribution in [0.2, 0.25) is 0 Å². The van der Waals surface area contributed by atoms with E-state index in [1.54, 1.807) is 50.1 Å². The standard InChI is InChI=1S/C21H19BrN4O.3C20H18BrN5O/c1-13-4-5-16(21-14(2)25-27-15(21)3)10-19(13)24-17-6-7-20(18(22)11-17)26-9-8-23-12-26;1-12-18(8-15(10-23-12)20-13(2)25-27-14(20)3)24-16-4-5-19(17(21)9-16)26-7-6-22-11-26;1-12-10-23-18(20-13(2)25-27-14(20)3)9-17(12)24-15-4-5-19(16(21)8-15)26-7-6-22-11-26;1-12-4-5-15(19-13(2)25-27-14(19)3)8-18(12)24-16-9-17(21)20(23-10-16)26-7-6-22-11-26/h4-12,24H,1-3H3;4-11,24H,1-3H3;4-11H,1-3H3,(H,23,24);4-11,24H,1-3H3. The number of imidazole rings is 4. The van der Waals surface area contributed by atoms with E-state index in [-0.39, 0.29) is 0 Å². The van der Waals surface area contributed by atoms with Crippen LogP contribution in [0, 0.1) is 83.1 Å². The first-order valence-electron chi connectivity index (χ1n) is 34.0. The lowest BCUT2D eigenvalue weighted by Gasteiger charge is -2.13. The average molecular weight is 1700 g/mol. The second-order valence-electron chi connectivity index (χ2n) is 25.5. The van der Waals surface area contributed by atoms with Crippen molar-refractivity contribution in [3.63, 3.8) is 0 Å². The molecule has 108 heavy (non-hydrogen) atoms. The molecule has 16 aromatic rings. The van der Waals surface area contributed by atoms with Gasteiger partial charge in [0.1, 0.15) is 29.4 Å². The molecule has 16 rings (SSSR count). The number of aromatic nitrogens is 15. The van der Waals surface area contributed by atoms with Crippen molar-refractivity contribution in [2.75, 3.05) is 21.3 Å². The molecule has 0 radical (unpaired) electrons. The number of pyridine rings is 3. The van der Waals surface area contributed by atoms with Gasteiger partial charge in [0.25, 0.3) is 0 Å². The third-order valence-corrected chi connectivity index (χ3v) is 20.3. The smallest absolute Gasteiger partial charge is 0.152 e. The molecule has 11 heterocycles. The Morgan fingerprint density at radius 2 is 0.676 bits per heavy atom. The summed E-state index contributed by atoms with van der Waals surface area (Å²) in [5.41, 5.74) is 26.7. The fraction of sp³-hybridized carbons (Fsp3) is 0.148. The van der Waals surface area contributed by atoms with Gasteiger partial charge >= 0.3 is 0 Å². The van der Waals surface area contributed by atoms with Gasteiger partial charge in [-0.25, -0.2) is 24.9 Å². The second kappa shape index (κ2) is 33.0. The predicted octanol–water partition coefficient (Wildman–Crippen LogP) is 22.0. The minimum atomic E-state index is 0.766. The molecule has 4 N–H and O–H groups in total. The summed E-state index contributed by atoms with van der Waals surface area (Å²) < 4.78 is 32.8. The van der Waals surface area contributed by atoms with E-state index in [4.69, 9.17) is 18.1 Å². The lowest BCUT2D eigenvalue weighted by atomic mass is 10.0. The fourth-order valence-electron chi connectivity index (χ4n) is 12.2. The van der Waals surface area contributed by atoms with Gasteiger partial charge in [0.2, 0.25) is 0 Å². The van der Waals surface area contributed by atoms with Gasteiger partial charge in [-0.2, -0.15) is 0 Å². The van der Waals surface area contributed by atoms with Crippen LogP contribution in [0.15, 0.2) is 239 Å². The van der Waals surface area contributed by atoms with E-state index in [9.17, 15) is 0 Å². The summed E-state index contributed by atoms with van der Waals surface area (Å²) in [5, 5.41) is 30.1. The zero-order chi connectivity index (χ0) is 75.9. The fourth-order valence-corrected chi connectivity index (χ4v) is 14.5. The topological polar surface area (TPSA) is 262 Å². The van der Waals surface area contributed by atoms with Gasteiger partial charge in [-0.3, -0.25) is 14.5 Å². The molecular weight excluding hydrogens is 1620 g/mol. The van der Waals surface area contributed by atoms with Crippen LogP contribution in [0.1, 0.15) is 68.2 Å². The Labute approximate surface area is 656 Å². The summed E-state index contributed by atoms with van der Waals surface area (Å²) in [5.74, 6) is 3.99. The lowest BCUT2D eigenvalue weighted by Crippen LogP contribution is -1.99. The Kier molecular flexibility index (Phi) is 22.8. The van der Waals surface area contributed by atoms with Crippen LogP contribution in [0.4, 0.5) is 45.5 Å². The van der Waals surface area contributed by atoms with E-state index < -0.39 is 0 Å². The molecule has 23 nitrogen and oxygen atoms in total. The third kappa shape index (κ3) is 16.9. The maximum absolute atomic E-state index is 5.32. The Hall–Kier alpha value is -11.7. The number of rotatable bonds is 16. The molecule has 0 unspecified atom stereocenters. The molecule has 11 aromatic heterocycles. The monoisotopic (exact) mass is 1690 g/mol. The maximum Gasteiger partial charge on any atom is 0.152 e. The van der Waals surface area contributed by atoms with Crippen molar-refractivity contribution in [3.05, 3.63) is 289 Å². The first kappa shape index (κ1) is 74.6. The van der Waals surface area contributed by atoms with Crippen molar-refractivity contribution in [1.29, 1.82) is 0 Å². The number of hydrogen-bond acceptors (Lipinski definition) is 19. The van der Waals surface area contributed by atoms with Gasteiger partial charge in [0.05, 0.1) is 97.8 Å². The number of halogens is 4. The van der Waals surface area contributed by atoms with Crippen molar-refractivity contribution in [2.24, 2.45) is 0 Å². The van der Waals surface area contributed by atoms with Crippen LogP contribution in [0.25, 0.3) is 67.5 Å². The summed E-state index contributed by atoms with van der Waals surface area (Å²) in [4.78, 5) is 30.0. The molecular formula is C81H73Br4N19O4. The van der Waals surface area contributed by atoms with E-state index in [0.29, 0.717) is 0 Å². The first-order valence-corrected chi connectivity index (χ1v) is 37.2. The minimum Gasteiger partial charge on any atom is -0.361 e.